The van der Waals surface area contributed by atoms with E-state index in [0.29, 0.717) is 22.2 Å². The fourth-order valence-electron chi connectivity index (χ4n) is 3.32. The molecule has 0 aromatic heterocycles. The molecule has 0 aliphatic carbocycles. The molecule has 1 atom stereocenters. The Balaban J connectivity index is 2.14. The van der Waals surface area contributed by atoms with Gasteiger partial charge in [-0.15, -0.1) is 11.8 Å². The maximum Gasteiger partial charge on any atom is 0.242 e. The number of benzene rings is 2. The number of hydrogen-bond acceptors (Lipinski definition) is 3. The molecule has 0 spiro atoms. The van der Waals surface area contributed by atoms with E-state index in [-0.39, 0.29) is 24.1 Å². The molecule has 2 aromatic carbocycles. The van der Waals surface area contributed by atoms with Crippen molar-refractivity contribution in [2.24, 2.45) is 0 Å². The van der Waals surface area contributed by atoms with Crippen LogP contribution < -0.4 is 5.32 Å². The molecule has 1 N–H and O–H groups in total. The highest BCUT2D eigenvalue weighted by Crippen LogP contribution is 2.27. The van der Waals surface area contributed by atoms with E-state index < -0.39 is 6.04 Å². The van der Waals surface area contributed by atoms with Crippen molar-refractivity contribution in [1.29, 1.82) is 0 Å². The first-order chi connectivity index (χ1) is 14.7. The van der Waals surface area contributed by atoms with Crippen molar-refractivity contribution in [1.82, 2.24) is 10.2 Å². The Morgan fingerprint density at radius 3 is 2.29 bits per heavy atom. The molecule has 0 saturated heterocycles. The second-order valence-electron chi connectivity index (χ2n) is 7.68. The van der Waals surface area contributed by atoms with Crippen LogP contribution in [-0.4, -0.2) is 35.1 Å². The second kappa shape index (κ2) is 12.4. The summed E-state index contributed by atoms with van der Waals surface area (Å²) in [5.74, 6) is 0.688. The van der Waals surface area contributed by atoms with E-state index in [1.165, 1.54) is 28.5 Å². The van der Waals surface area contributed by atoms with Crippen molar-refractivity contribution in [3.8, 4) is 0 Å². The molecule has 0 aliphatic rings. The van der Waals surface area contributed by atoms with Crippen molar-refractivity contribution < 1.29 is 9.59 Å². The topological polar surface area (TPSA) is 49.4 Å². The van der Waals surface area contributed by atoms with E-state index in [0.717, 1.165) is 12.2 Å². The largest absolute Gasteiger partial charge is 0.354 e. The van der Waals surface area contributed by atoms with Crippen LogP contribution in [0.15, 0.2) is 36.4 Å². The molecule has 2 aromatic rings. The lowest BCUT2D eigenvalue weighted by atomic mass is 10.1. The van der Waals surface area contributed by atoms with Gasteiger partial charge in [-0.2, -0.15) is 0 Å². The molecule has 4 nitrogen and oxygen atoms in total. The number of rotatable bonds is 10. The lowest BCUT2D eigenvalue weighted by Gasteiger charge is -2.29. The van der Waals surface area contributed by atoms with Gasteiger partial charge in [0.15, 0.2) is 0 Å². The summed E-state index contributed by atoms with van der Waals surface area (Å²) in [5.41, 5.74) is 4.25. The molecular weight excluding hydrogens is 451 g/mol. The minimum atomic E-state index is -0.631. The molecule has 31 heavy (non-hydrogen) atoms. The number of thioether (sulfide) groups is 1. The van der Waals surface area contributed by atoms with Gasteiger partial charge in [0, 0.05) is 34.5 Å². The first kappa shape index (κ1) is 25.6. The van der Waals surface area contributed by atoms with Crippen LogP contribution in [-0.2, 0) is 21.9 Å². The molecule has 0 aliphatic heterocycles. The highest BCUT2D eigenvalue weighted by molar-refractivity contribution is 7.99. The Bertz CT molecular complexity index is 880. The predicted molar refractivity (Wildman–Crippen MR) is 132 cm³/mol. The van der Waals surface area contributed by atoms with Crippen molar-refractivity contribution in [2.45, 2.75) is 52.5 Å². The maximum absolute atomic E-state index is 13.2. The second-order valence-corrected chi connectivity index (χ2v) is 9.48. The molecule has 0 bridgehead atoms. The molecule has 2 amide bonds. The monoisotopic (exact) mass is 480 g/mol. The molecule has 2 rings (SSSR count). The first-order valence-electron chi connectivity index (χ1n) is 10.4. The van der Waals surface area contributed by atoms with Crippen molar-refractivity contribution in [2.75, 3.05) is 12.3 Å². The van der Waals surface area contributed by atoms with Crippen molar-refractivity contribution in [3.63, 3.8) is 0 Å². The summed E-state index contributed by atoms with van der Waals surface area (Å²) in [6, 6.07) is 11.0. The molecular formula is C24H30Cl2N2O2S. The summed E-state index contributed by atoms with van der Waals surface area (Å²) in [6.07, 6.45) is 0.828. The first-order valence-corrected chi connectivity index (χ1v) is 12.3. The van der Waals surface area contributed by atoms with Gasteiger partial charge < -0.3 is 10.2 Å². The number of carbonyl (C=O) groups is 2. The zero-order valence-corrected chi connectivity index (χ0v) is 20.8. The summed E-state index contributed by atoms with van der Waals surface area (Å²) in [5, 5.41) is 3.83. The Hall–Kier alpha value is -1.69. The minimum Gasteiger partial charge on any atom is -0.354 e. The van der Waals surface area contributed by atoms with E-state index in [2.05, 4.69) is 37.4 Å². The summed E-state index contributed by atoms with van der Waals surface area (Å²) in [6.45, 7) is 8.61. The number of halogens is 2. The lowest BCUT2D eigenvalue weighted by molar-refractivity contribution is -0.138. The van der Waals surface area contributed by atoms with Gasteiger partial charge in [0.25, 0.3) is 0 Å². The number of nitrogens with one attached hydrogen (secondary N) is 1. The minimum absolute atomic E-state index is 0.121. The quantitative estimate of drug-likeness (QED) is 0.468. The summed E-state index contributed by atoms with van der Waals surface area (Å²) >= 11 is 14.2. The molecule has 0 unspecified atom stereocenters. The summed E-state index contributed by atoms with van der Waals surface area (Å²) in [7, 11) is 0. The normalized spacial score (nSPS) is 11.8. The molecule has 0 saturated carbocycles. The highest BCUT2D eigenvalue weighted by atomic mass is 35.5. The van der Waals surface area contributed by atoms with Gasteiger partial charge in [0.2, 0.25) is 11.8 Å². The predicted octanol–water partition coefficient (Wildman–Crippen LogP) is 5.79. The van der Waals surface area contributed by atoms with Crippen molar-refractivity contribution >= 4 is 46.8 Å². The maximum atomic E-state index is 13.2. The van der Waals surface area contributed by atoms with Crippen LogP contribution in [0.2, 0.25) is 10.0 Å². The van der Waals surface area contributed by atoms with Crippen LogP contribution in [0.1, 0.15) is 42.5 Å². The van der Waals surface area contributed by atoms with Crippen molar-refractivity contribution in [3.05, 3.63) is 68.7 Å². The average molecular weight is 481 g/mol. The fourth-order valence-corrected chi connectivity index (χ4v) is 4.69. The van der Waals surface area contributed by atoms with Gasteiger partial charge in [-0.05, 0) is 44.9 Å². The zero-order chi connectivity index (χ0) is 23.0. The summed E-state index contributed by atoms with van der Waals surface area (Å²) < 4.78 is 0. The van der Waals surface area contributed by atoms with Gasteiger partial charge in [0.1, 0.15) is 6.04 Å². The third-order valence-electron chi connectivity index (χ3n) is 4.88. The molecule has 168 valence electrons. The number of nitrogens with zero attached hydrogens (tertiary/aromatic N) is 1. The van der Waals surface area contributed by atoms with Crippen LogP contribution >= 0.6 is 35.0 Å². The van der Waals surface area contributed by atoms with Crippen LogP contribution in [0.5, 0.6) is 0 Å². The zero-order valence-electron chi connectivity index (χ0n) is 18.5. The Labute approximate surface area is 199 Å². The number of aryl methyl sites for hydroxylation is 2. The van der Waals surface area contributed by atoms with Gasteiger partial charge in [-0.1, -0.05) is 65.5 Å². The van der Waals surface area contributed by atoms with Gasteiger partial charge in [-0.25, -0.2) is 0 Å². The molecule has 0 heterocycles. The smallest absolute Gasteiger partial charge is 0.242 e. The number of hydrogen-bond donors (Lipinski definition) is 1. The molecule has 0 radical (unpaired) electrons. The fraction of sp³-hybridized carbons (Fsp3) is 0.417. The van der Waals surface area contributed by atoms with Crippen LogP contribution in [0.3, 0.4) is 0 Å². The average Bonchev–Trinajstić information content (AvgIpc) is 2.70. The Morgan fingerprint density at radius 2 is 1.71 bits per heavy atom. The standard InChI is InChI=1S/C24H30Cl2N2O2S/c1-5-9-27-24(30)18(4)28(13-20-21(25)7-6-8-22(20)26)23(29)15-31-14-19-11-16(2)10-17(3)12-19/h6-8,10-12,18H,5,9,13-15H2,1-4H3,(H,27,30)/t18-/m0/s1. The Kier molecular flexibility index (Phi) is 10.2. The SMILES string of the molecule is CCCNC(=O)[C@H](C)N(Cc1c(Cl)cccc1Cl)C(=O)CSCc1cc(C)cc(C)c1. The van der Waals surface area contributed by atoms with Crippen LogP contribution in [0.4, 0.5) is 0 Å². The molecule has 7 heteroatoms. The van der Waals surface area contributed by atoms with Crippen LogP contribution in [0.25, 0.3) is 0 Å². The number of amides is 2. The van der Waals surface area contributed by atoms with Crippen LogP contribution in [0, 0.1) is 13.8 Å². The van der Waals surface area contributed by atoms with E-state index in [1.54, 1.807) is 30.0 Å². The number of carbonyl (C=O) groups excluding carboxylic acids is 2. The van der Waals surface area contributed by atoms with E-state index in [4.69, 9.17) is 23.2 Å². The van der Waals surface area contributed by atoms with Gasteiger partial charge in [-0.3, -0.25) is 9.59 Å². The third-order valence-corrected chi connectivity index (χ3v) is 6.58. The van der Waals surface area contributed by atoms with E-state index >= 15 is 0 Å². The van der Waals surface area contributed by atoms with Gasteiger partial charge >= 0.3 is 0 Å². The molecule has 0 fully saturated rings. The van der Waals surface area contributed by atoms with E-state index in [1.807, 2.05) is 6.92 Å². The lowest BCUT2D eigenvalue weighted by Crippen LogP contribution is -2.48. The van der Waals surface area contributed by atoms with E-state index in [9.17, 15) is 9.59 Å². The third kappa shape index (κ3) is 7.74. The summed E-state index contributed by atoms with van der Waals surface area (Å²) in [4.78, 5) is 27.3. The highest BCUT2D eigenvalue weighted by Gasteiger charge is 2.27. The Morgan fingerprint density at radius 1 is 1.10 bits per heavy atom. The van der Waals surface area contributed by atoms with Gasteiger partial charge in [0.05, 0.1) is 5.75 Å².